The minimum Gasteiger partial charge on any atom is -0.481 e. The fourth-order valence-corrected chi connectivity index (χ4v) is 1.61. The van der Waals surface area contributed by atoms with E-state index >= 15 is 0 Å². The van der Waals surface area contributed by atoms with Crippen LogP contribution in [0.1, 0.15) is 19.5 Å². The van der Waals surface area contributed by atoms with Gasteiger partial charge in [-0.05, 0) is 0 Å². The van der Waals surface area contributed by atoms with Gasteiger partial charge >= 0.3 is 0 Å². The van der Waals surface area contributed by atoms with Gasteiger partial charge in [-0.1, -0.05) is 19.1 Å². The molecule has 0 bridgehead atoms. The Hall–Kier alpha value is -1.89. The molecule has 7 nitrogen and oxygen atoms in total. The summed E-state index contributed by atoms with van der Waals surface area (Å²) in [4.78, 5) is 0. The highest BCUT2D eigenvalue weighted by atomic mass is 16.5. The second-order valence-electron chi connectivity index (χ2n) is 4.34. The molecule has 2 aromatic heterocycles. The molecule has 0 spiro atoms. The molecule has 0 fully saturated rings. The molecule has 0 radical (unpaired) electrons. The quantitative estimate of drug-likeness (QED) is 0.837. The fraction of sp³-hybridized carbons (Fsp3) is 0.545. The Morgan fingerprint density at radius 3 is 2.83 bits per heavy atom. The second kappa shape index (κ2) is 5.18. The van der Waals surface area contributed by atoms with Crippen molar-refractivity contribution < 1.29 is 4.74 Å². The van der Waals surface area contributed by atoms with E-state index in [4.69, 9.17) is 4.74 Å². The van der Waals surface area contributed by atoms with Crippen molar-refractivity contribution in [1.82, 2.24) is 30.1 Å². The third-order valence-corrected chi connectivity index (χ3v) is 2.56. The maximum absolute atomic E-state index is 5.19. The van der Waals surface area contributed by atoms with E-state index in [2.05, 4.69) is 34.6 Å². The second-order valence-corrected chi connectivity index (χ2v) is 4.34. The van der Waals surface area contributed by atoms with E-state index in [1.165, 1.54) is 0 Å². The van der Waals surface area contributed by atoms with Gasteiger partial charge in [0.05, 0.1) is 19.0 Å². The van der Waals surface area contributed by atoms with Crippen molar-refractivity contribution in [3.05, 3.63) is 18.0 Å². The van der Waals surface area contributed by atoms with Gasteiger partial charge < -0.3 is 10.1 Å². The van der Waals surface area contributed by atoms with E-state index in [-0.39, 0.29) is 0 Å². The van der Waals surface area contributed by atoms with Crippen LogP contribution in [0.2, 0.25) is 0 Å². The molecule has 2 heterocycles. The molecule has 2 rings (SSSR count). The van der Waals surface area contributed by atoms with Crippen molar-refractivity contribution in [2.75, 3.05) is 7.11 Å². The van der Waals surface area contributed by atoms with Gasteiger partial charge in [-0.15, -0.1) is 10.2 Å². The van der Waals surface area contributed by atoms with Crippen LogP contribution in [0.4, 0.5) is 0 Å². The lowest BCUT2D eigenvalue weighted by atomic mass is 10.3. The Morgan fingerprint density at radius 2 is 2.22 bits per heavy atom. The monoisotopic (exact) mass is 250 g/mol. The zero-order chi connectivity index (χ0) is 13.1. The third kappa shape index (κ3) is 2.51. The van der Waals surface area contributed by atoms with Crippen LogP contribution >= 0.6 is 0 Å². The van der Waals surface area contributed by atoms with Gasteiger partial charge in [0.15, 0.2) is 5.82 Å². The highest BCUT2D eigenvalue weighted by molar-refractivity contribution is 5.29. The number of ether oxygens (including phenoxy) is 1. The first kappa shape index (κ1) is 12.6. The Bertz CT molecular complexity index is 515. The molecule has 0 atom stereocenters. The van der Waals surface area contributed by atoms with Crippen molar-refractivity contribution in [3.63, 3.8) is 0 Å². The van der Waals surface area contributed by atoms with Crippen molar-refractivity contribution in [3.8, 4) is 11.7 Å². The predicted molar refractivity (Wildman–Crippen MR) is 66.7 cm³/mol. The molecule has 0 aromatic carbocycles. The summed E-state index contributed by atoms with van der Waals surface area (Å²) >= 11 is 0. The molecule has 0 aliphatic heterocycles. The van der Waals surface area contributed by atoms with E-state index < -0.39 is 0 Å². The summed E-state index contributed by atoms with van der Waals surface area (Å²) < 4.78 is 8.55. The predicted octanol–water partition coefficient (Wildman–Crippen LogP) is 0.507. The van der Waals surface area contributed by atoms with Crippen LogP contribution in [0.15, 0.2) is 12.3 Å². The molecule has 0 aliphatic rings. The van der Waals surface area contributed by atoms with Crippen molar-refractivity contribution in [2.24, 2.45) is 7.05 Å². The molecule has 0 aliphatic carbocycles. The molecule has 1 N–H and O–H groups in total. The summed E-state index contributed by atoms with van der Waals surface area (Å²) in [7, 11) is 3.44. The van der Waals surface area contributed by atoms with Crippen molar-refractivity contribution in [2.45, 2.75) is 26.4 Å². The first-order valence-corrected chi connectivity index (χ1v) is 5.83. The van der Waals surface area contributed by atoms with Gasteiger partial charge in [-0.2, -0.15) is 4.68 Å². The summed E-state index contributed by atoms with van der Waals surface area (Å²) in [6.07, 6.45) is 1.73. The lowest BCUT2D eigenvalue weighted by Crippen LogP contribution is -2.23. The Morgan fingerprint density at radius 1 is 1.44 bits per heavy atom. The minimum absolute atomic E-state index is 0.409. The number of aryl methyl sites for hydroxylation is 1. The van der Waals surface area contributed by atoms with Crippen LogP contribution in [0.5, 0.6) is 5.88 Å². The fourth-order valence-electron chi connectivity index (χ4n) is 1.61. The molecule has 7 heteroatoms. The van der Waals surface area contributed by atoms with Crippen LogP contribution in [-0.2, 0) is 13.6 Å². The molecule has 0 unspecified atom stereocenters. The molecular weight excluding hydrogens is 232 g/mol. The number of hydrogen-bond acceptors (Lipinski definition) is 5. The Kier molecular flexibility index (Phi) is 3.61. The van der Waals surface area contributed by atoms with Gasteiger partial charge in [0.2, 0.25) is 5.88 Å². The number of methoxy groups -OCH3 is 1. The average Bonchev–Trinajstić information content (AvgIpc) is 2.91. The van der Waals surface area contributed by atoms with Gasteiger partial charge in [-0.25, -0.2) is 4.68 Å². The van der Waals surface area contributed by atoms with Gasteiger partial charge in [-0.3, -0.25) is 0 Å². The summed E-state index contributed by atoms with van der Waals surface area (Å²) in [5.41, 5.74) is 0.962. The molecule has 18 heavy (non-hydrogen) atoms. The number of aromatic nitrogens is 5. The summed E-state index contributed by atoms with van der Waals surface area (Å²) in [5, 5.41) is 15.6. The lowest BCUT2D eigenvalue weighted by Gasteiger charge is -2.07. The van der Waals surface area contributed by atoms with Crippen molar-refractivity contribution >= 4 is 0 Å². The number of nitrogens with one attached hydrogen (secondary N) is 1. The summed E-state index contributed by atoms with van der Waals surface area (Å²) in [5.74, 6) is 1.38. The normalized spacial score (nSPS) is 11.2. The SMILES string of the molecule is COc1cc(-n2nncc2CNC(C)C)nn1C. The smallest absolute Gasteiger partial charge is 0.213 e. The third-order valence-electron chi connectivity index (χ3n) is 2.56. The largest absolute Gasteiger partial charge is 0.481 e. The van der Waals surface area contributed by atoms with Crippen LogP contribution in [0, 0.1) is 0 Å². The highest BCUT2D eigenvalue weighted by Gasteiger charge is 2.12. The number of rotatable bonds is 5. The number of hydrogen-bond donors (Lipinski definition) is 1. The van der Waals surface area contributed by atoms with Crippen molar-refractivity contribution in [1.29, 1.82) is 0 Å². The summed E-state index contributed by atoms with van der Waals surface area (Å²) in [6.45, 7) is 4.89. The molecule has 98 valence electrons. The zero-order valence-electron chi connectivity index (χ0n) is 11.1. The Balaban J connectivity index is 2.24. The van der Waals surface area contributed by atoms with E-state index in [1.54, 1.807) is 22.7 Å². The van der Waals surface area contributed by atoms with E-state index in [0.717, 1.165) is 5.69 Å². The minimum atomic E-state index is 0.409. The van der Waals surface area contributed by atoms with Crippen LogP contribution in [0.25, 0.3) is 5.82 Å². The van der Waals surface area contributed by atoms with E-state index in [0.29, 0.717) is 24.3 Å². The number of nitrogens with zero attached hydrogens (tertiary/aromatic N) is 5. The van der Waals surface area contributed by atoms with Gasteiger partial charge in [0.1, 0.15) is 0 Å². The Labute approximate surface area is 106 Å². The molecule has 0 amide bonds. The van der Waals surface area contributed by atoms with Crippen LogP contribution in [-0.4, -0.2) is 37.9 Å². The van der Waals surface area contributed by atoms with E-state index in [9.17, 15) is 0 Å². The standard InChI is InChI=1S/C11H18N6O/c1-8(2)12-6-9-7-13-15-17(9)10-5-11(18-4)16(3)14-10/h5,7-8,12H,6H2,1-4H3. The maximum Gasteiger partial charge on any atom is 0.213 e. The first-order valence-electron chi connectivity index (χ1n) is 5.83. The molecule has 0 saturated carbocycles. The van der Waals surface area contributed by atoms with E-state index in [1.807, 2.05) is 13.1 Å². The summed E-state index contributed by atoms with van der Waals surface area (Å²) in [6, 6.07) is 2.24. The average molecular weight is 250 g/mol. The topological polar surface area (TPSA) is 69.8 Å². The van der Waals surface area contributed by atoms with Gasteiger partial charge in [0, 0.05) is 25.7 Å². The molecule has 2 aromatic rings. The zero-order valence-corrected chi connectivity index (χ0v) is 11.1. The lowest BCUT2D eigenvalue weighted by molar-refractivity contribution is 0.373. The van der Waals surface area contributed by atoms with Gasteiger partial charge in [0.25, 0.3) is 0 Å². The molecule has 0 saturated heterocycles. The molecular formula is C11H18N6O. The maximum atomic E-state index is 5.19. The van der Waals surface area contributed by atoms with Crippen LogP contribution < -0.4 is 10.1 Å². The van der Waals surface area contributed by atoms with Crippen LogP contribution in [0.3, 0.4) is 0 Å². The first-order chi connectivity index (χ1) is 8.61. The highest BCUT2D eigenvalue weighted by Crippen LogP contribution is 2.15.